The summed E-state index contributed by atoms with van der Waals surface area (Å²) in [6.45, 7) is 6.79. The average Bonchev–Trinajstić information content (AvgIpc) is 2.17. The number of unbranched alkanes of at least 4 members (excludes halogenated alkanes) is 4. The lowest BCUT2D eigenvalue weighted by atomic mass is 10.1. The molecule has 0 spiro atoms. The molecular weight excluding hydrogens is 202 g/mol. The van der Waals surface area contributed by atoms with Gasteiger partial charge in [0.15, 0.2) is 0 Å². The van der Waals surface area contributed by atoms with E-state index in [4.69, 9.17) is 5.73 Å². The highest BCUT2D eigenvalue weighted by Gasteiger charge is 2.03. The summed E-state index contributed by atoms with van der Waals surface area (Å²) in [6, 6.07) is 0.426. The first kappa shape index (κ1) is 15.3. The molecule has 1 atom stereocenters. The van der Waals surface area contributed by atoms with Crippen LogP contribution in [0.3, 0.4) is 0 Å². The van der Waals surface area contributed by atoms with Crippen molar-refractivity contribution in [1.29, 1.82) is 0 Å². The molecule has 1 nitrogen and oxygen atoms in total. The highest BCUT2D eigenvalue weighted by molar-refractivity contribution is 7.99. The molecule has 0 aromatic carbocycles. The zero-order chi connectivity index (χ0) is 11.5. The highest BCUT2D eigenvalue weighted by atomic mass is 32.2. The zero-order valence-electron chi connectivity index (χ0n) is 10.8. The van der Waals surface area contributed by atoms with E-state index in [9.17, 15) is 0 Å². The van der Waals surface area contributed by atoms with E-state index < -0.39 is 0 Å². The number of thioether (sulfide) groups is 1. The molecule has 15 heavy (non-hydrogen) atoms. The van der Waals surface area contributed by atoms with Gasteiger partial charge in [-0.1, -0.05) is 52.9 Å². The van der Waals surface area contributed by atoms with Gasteiger partial charge in [-0.05, 0) is 18.1 Å². The lowest BCUT2D eigenvalue weighted by molar-refractivity contribution is 0.566. The fraction of sp³-hybridized carbons (Fsp3) is 1.00. The van der Waals surface area contributed by atoms with Crippen LogP contribution in [0.1, 0.15) is 59.3 Å². The number of rotatable bonds is 10. The average molecular weight is 231 g/mol. The second-order valence-corrected chi connectivity index (χ2v) is 5.97. The third kappa shape index (κ3) is 12.2. The maximum absolute atomic E-state index is 6.05. The second kappa shape index (κ2) is 10.8. The molecule has 0 fully saturated rings. The lowest BCUT2D eigenvalue weighted by Crippen LogP contribution is -2.23. The molecule has 0 saturated carbocycles. The van der Waals surface area contributed by atoms with E-state index in [0.29, 0.717) is 6.04 Å². The molecule has 1 unspecified atom stereocenters. The normalized spacial score (nSPS) is 13.4. The van der Waals surface area contributed by atoms with E-state index in [1.807, 2.05) is 11.8 Å². The fourth-order valence-corrected chi connectivity index (χ4v) is 2.63. The molecule has 0 saturated heterocycles. The predicted molar refractivity (Wildman–Crippen MR) is 73.5 cm³/mol. The minimum atomic E-state index is 0.426. The summed E-state index contributed by atoms with van der Waals surface area (Å²) in [4.78, 5) is 0. The molecule has 0 aliphatic heterocycles. The van der Waals surface area contributed by atoms with Crippen molar-refractivity contribution < 1.29 is 0 Å². The minimum absolute atomic E-state index is 0.426. The summed E-state index contributed by atoms with van der Waals surface area (Å²) in [6.07, 6.45) is 8.02. The first-order valence-electron chi connectivity index (χ1n) is 6.50. The Labute approximate surface area is 101 Å². The number of hydrogen-bond donors (Lipinski definition) is 1. The quantitative estimate of drug-likeness (QED) is 0.574. The van der Waals surface area contributed by atoms with Crippen molar-refractivity contribution >= 4 is 11.8 Å². The first-order valence-corrected chi connectivity index (χ1v) is 7.65. The third-order valence-corrected chi connectivity index (χ3v) is 4.03. The van der Waals surface area contributed by atoms with E-state index in [1.54, 1.807) is 0 Å². The molecule has 0 aromatic rings. The monoisotopic (exact) mass is 231 g/mol. The Morgan fingerprint density at radius 1 is 1.00 bits per heavy atom. The van der Waals surface area contributed by atoms with Crippen molar-refractivity contribution in [2.75, 3.05) is 11.5 Å². The van der Waals surface area contributed by atoms with Gasteiger partial charge in [0.2, 0.25) is 0 Å². The van der Waals surface area contributed by atoms with Crippen LogP contribution in [0.4, 0.5) is 0 Å². The SMILES string of the molecule is CCCCCCCC(N)CSCC(C)C. The van der Waals surface area contributed by atoms with Gasteiger partial charge in [0.25, 0.3) is 0 Å². The topological polar surface area (TPSA) is 26.0 Å². The Bertz CT molecular complexity index is 126. The smallest absolute Gasteiger partial charge is 0.0130 e. The summed E-state index contributed by atoms with van der Waals surface area (Å²) in [5.74, 6) is 3.20. The standard InChI is InChI=1S/C13H29NS/c1-4-5-6-7-8-9-13(14)11-15-10-12(2)3/h12-13H,4-11,14H2,1-3H3. The van der Waals surface area contributed by atoms with E-state index in [0.717, 1.165) is 11.7 Å². The van der Waals surface area contributed by atoms with Crippen molar-refractivity contribution in [1.82, 2.24) is 0 Å². The maximum Gasteiger partial charge on any atom is 0.0130 e. The van der Waals surface area contributed by atoms with Crippen LogP contribution in [0.2, 0.25) is 0 Å². The van der Waals surface area contributed by atoms with Crippen molar-refractivity contribution in [3.05, 3.63) is 0 Å². The number of nitrogens with two attached hydrogens (primary N) is 1. The Kier molecular flexibility index (Phi) is 11.0. The predicted octanol–water partition coefficient (Wildman–Crippen LogP) is 4.06. The van der Waals surface area contributed by atoms with Crippen molar-refractivity contribution in [2.24, 2.45) is 11.7 Å². The van der Waals surface area contributed by atoms with Gasteiger partial charge in [-0.3, -0.25) is 0 Å². The first-order chi connectivity index (χ1) is 7.16. The van der Waals surface area contributed by atoms with Crippen molar-refractivity contribution in [3.63, 3.8) is 0 Å². The van der Waals surface area contributed by atoms with Crippen LogP contribution in [-0.2, 0) is 0 Å². The summed E-state index contributed by atoms with van der Waals surface area (Å²) >= 11 is 2.01. The van der Waals surface area contributed by atoms with Crippen LogP contribution < -0.4 is 5.73 Å². The van der Waals surface area contributed by atoms with E-state index in [-0.39, 0.29) is 0 Å². The van der Waals surface area contributed by atoms with E-state index >= 15 is 0 Å². The fourth-order valence-electron chi connectivity index (χ4n) is 1.55. The molecule has 0 amide bonds. The zero-order valence-corrected chi connectivity index (χ0v) is 11.6. The van der Waals surface area contributed by atoms with Crippen LogP contribution in [0, 0.1) is 5.92 Å². The van der Waals surface area contributed by atoms with Crippen LogP contribution in [-0.4, -0.2) is 17.5 Å². The van der Waals surface area contributed by atoms with Crippen LogP contribution >= 0.6 is 11.8 Å². The third-order valence-electron chi connectivity index (χ3n) is 2.46. The summed E-state index contributed by atoms with van der Waals surface area (Å²) < 4.78 is 0. The van der Waals surface area contributed by atoms with Crippen LogP contribution in [0.5, 0.6) is 0 Å². The summed E-state index contributed by atoms with van der Waals surface area (Å²) in [7, 11) is 0. The number of hydrogen-bond acceptors (Lipinski definition) is 2. The molecule has 0 aliphatic carbocycles. The van der Waals surface area contributed by atoms with Gasteiger partial charge < -0.3 is 5.73 Å². The molecule has 0 bridgehead atoms. The molecule has 92 valence electrons. The molecular formula is C13H29NS. The maximum atomic E-state index is 6.05. The van der Waals surface area contributed by atoms with Gasteiger partial charge >= 0.3 is 0 Å². The second-order valence-electron chi connectivity index (χ2n) is 4.89. The molecule has 0 rings (SSSR count). The molecule has 0 radical (unpaired) electrons. The summed E-state index contributed by atoms with van der Waals surface area (Å²) in [5.41, 5.74) is 6.05. The van der Waals surface area contributed by atoms with Crippen molar-refractivity contribution in [3.8, 4) is 0 Å². The van der Waals surface area contributed by atoms with Gasteiger partial charge in [0, 0.05) is 11.8 Å². The molecule has 2 N–H and O–H groups in total. The highest BCUT2D eigenvalue weighted by Crippen LogP contribution is 2.12. The Balaban J connectivity index is 3.15. The molecule has 0 aromatic heterocycles. The Morgan fingerprint density at radius 2 is 1.67 bits per heavy atom. The van der Waals surface area contributed by atoms with Gasteiger partial charge in [0.05, 0.1) is 0 Å². The van der Waals surface area contributed by atoms with Gasteiger partial charge in [0.1, 0.15) is 0 Å². The minimum Gasteiger partial charge on any atom is -0.327 e. The van der Waals surface area contributed by atoms with E-state index in [2.05, 4.69) is 20.8 Å². The van der Waals surface area contributed by atoms with Gasteiger partial charge in [-0.2, -0.15) is 11.8 Å². The van der Waals surface area contributed by atoms with Crippen LogP contribution in [0.25, 0.3) is 0 Å². The summed E-state index contributed by atoms with van der Waals surface area (Å²) in [5, 5.41) is 0. The largest absolute Gasteiger partial charge is 0.327 e. The van der Waals surface area contributed by atoms with Crippen molar-refractivity contribution in [2.45, 2.75) is 65.3 Å². The Hall–Kier alpha value is 0.310. The van der Waals surface area contributed by atoms with Gasteiger partial charge in [-0.15, -0.1) is 0 Å². The lowest BCUT2D eigenvalue weighted by Gasteiger charge is -2.11. The molecule has 0 heterocycles. The van der Waals surface area contributed by atoms with Gasteiger partial charge in [-0.25, -0.2) is 0 Å². The van der Waals surface area contributed by atoms with E-state index in [1.165, 1.54) is 44.3 Å². The Morgan fingerprint density at radius 3 is 2.27 bits per heavy atom. The molecule has 0 aliphatic rings. The van der Waals surface area contributed by atoms with Crippen LogP contribution in [0.15, 0.2) is 0 Å². The molecule has 2 heteroatoms.